The number of hydrogen-bond donors (Lipinski definition) is 1. The third-order valence-corrected chi connectivity index (χ3v) is 0.571. The van der Waals surface area contributed by atoms with Crippen LogP contribution in [-0.4, -0.2) is 16.3 Å². The van der Waals surface area contributed by atoms with Crippen LogP contribution >= 0.6 is 0 Å². The van der Waals surface area contributed by atoms with Crippen LogP contribution < -0.4 is 5.73 Å². The van der Waals surface area contributed by atoms with E-state index in [1.54, 1.807) is 6.92 Å². The van der Waals surface area contributed by atoms with E-state index < -0.39 is 11.1 Å². The maximum Gasteiger partial charge on any atom is 0.229 e. The largest absolute Gasteiger partial charge is 0.385 e. The van der Waals surface area contributed by atoms with E-state index in [0.29, 0.717) is 0 Å². The van der Waals surface area contributed by atoms with Crippen LogP contribution in [0.2, 0.25) is 0 Å². The van der Waals surface area contributed by atoms with Crippen LogP contribution in [0.1, 0.15) is 6.92 Å². The van der Waals surface area contributed by atoms with Gasteiger partial charge in [-0.2, -0.15) is 0 Å². The van der Waals surface area contributed by atoms with Gasteiger partial charge in [-0.25, -0.2) is 4.21 Å². The van der Waals surface area contributed by atoms with E-state index in [4.69, 9.17) is 5.73 Å². The second-order valence-electron chi connectivity index (χ2n) is 1.21. The topological polar surface area (TPSA) is 64.7 Å². The molecule has 48 valence electrons. The Labute approximate surface area is 50.4 Å². The quantitative estimate of drug-likeness (QED) is 0.319. The Hall–Kier alpha value is -0.580. The Balaban J connectivity index is 3.45. The van der Waals surface area contributed by atoms with E-state index in [9.17, 15) is 4.21 Å². The number of nitrogens with two attached hydrogens (primary N) is 1. The highest BCUT2D eigenvalue weighted by atomic mass is 32.2. The van der Waals surface area contributed by atoms with E-state index >= 15 is 0 Å². The fraction of sp³-hybridized carbons (Fsp3) is 0.667. The van der Waals surface area contributed by atoms with Gasteiger partial charge >= 0.3 is 0 Å². The first kappa shape index (κ1) is 7.42. The molecule has 0 aliphatic carbocycles. The number of amidine groups is 1. The van der Waals surface area contributed by atoms with Crippen LogP contribution in [-0.2, 0) is 15.4 Å². The minimum absolute atomic E-state index is 0.264. The molecular formula is C3H8N2O2S. The van der Waals surface area contributed by atoms with Crippen molar-refractivity contribution in [2.75, 3.05) is 6.26 Å². The summed E-state index contributed by atoms with van der Waals surface area (Å²) < 4.78 is 14.3. The van der Waals surface area contributed by atoms with Gasteiger partial charge in [0.25, 0.3) is 0 Å². The highest BCUT2D eigenvalue weighted by Crippen LogP contribution is 1.78. The Bertz CT molecular complexity index is 118. The second-order valence-corrected chi connectivity index (χ2v) is 2.16. The monoisotopic (exact) mass is 136 g/mol. The Morgan fingerprint density at radius 1 is 1.88 bits per heavy atom. The van der Waals surface area contributed by atoms with E-state index in [1.165, 1.54) is 6.26 Å². The Kier molecular flexibility index (Phi) is 3.18. The predicted octanol–water partition coefficient (Wildman–Crippen LogP) is -0.411. The molecule has 4 nitrogen and oxygen atoms in total. The van der Waals surface area contributed by atoms with Gasteiger partial charge in [-0.3, -0.25) is 4.28 Å². The third kappa shape index (κ3) is 5.42. The molecule has 0 bridgehead atoms. The van der Waals surface area contributed by atoms with Crippen molar-refractivity contribution >= 4 is 16.9 Å². The van der Waals surface area contributed by atoms with E-state index in [2.05, 4.69) is 9.44 Å². The molecule has 1 unspecified atom stereocenters. The fourth-order valence-corrected chi connectivity index (χ4v) is 0.334. The van der Waals surface area contributed by atoms with Gasteiger partial charge in [0.05, 0.1) is 6.26 Å². The van der Waals surface area contributed by atoms with Gasteiger partial charge in [0.15, 0.2) is 0 Å². The molecule has 0 radical (unpaired) electrons. The molecular weight excluding hydrogens is 128 g/mol. The summed E-state index contributed by atoms with van der Waals surface area (Å²) in [6.45, 7) is 1.55. The van der Waals surface area contributed by atoms with Crippen LogP contribution in [0.4, 0.5) is 0 Å². The summed E-state index contributed by atoms with van der Waals surface area (Å²) in [7, 11) is 0. The van der Waals surface area contributed by atoms with Gasteiger partial charge in [0.1, 0.15) is 5.84 Å². The highest BCUT2D eigenvalue weighted by molar-refractivity contribution is 7.79. The minimum atomic E-state index is -1.35. The van der Waals surface area contributed by atoms with Crippen LogP contribution in [0.25, 0.3) is 0 Å². The zero-order valence-electron chi connectivity index (χ0n) is 4.75. The molecule has 0 fully saturated rings. The molecule has 0 aromatic heterocycles. The summed E-state index contributed by atoms with van der Waals surface area (Å²) in [5.41, 5.74) is 5.03. The highest BCUT2D eigenvalue weighted by Gasteiger charge is 1.83. The molecule has 0 amide bonds. The number of nitrogens with zero attached hydrogens (tertiary/aromatic N) is 1. The molecule has 0 saturated carbocycles. The van der Waals surface area contributed by atoms with Crippen molar-refractivity contribution in [3.63, 3.8) is 0 Å². The van der Waals surface area contributed by atoms with Crippen LogP contribution in [0.5, 0.6) is 0 Å². The van der Waals surface area contributed by atoms with E-state index in [1.807, 2.05) is 0 Å². The van der Waals surface area contributed by atoms with Crippen molar-refractivity contribution in [3.8, 4) is 0 Å². The average molecular weight is 136 g/mol. The summed E-state index contributed by atoms with van der Waals surface area (Å²) >= 11 is -1.35. The molecule has 0 saturated heterocycles. The molecule has 0 spiro atoms. The maximum atomic E-state index is 10.1. The van der Waals surface area contributed by atoms with Gasteiger partial charge in [-0.05, 0) is 6.92 Å². The zero-order chi connectivity index (χ0) is 6.57. The fourth-order valence-electron chi connectivity index (χ4n) is 0.111. The summed E-state index contributed by atoms with van der Waals surface area (Å²) in [5.74, 6) is 0.264. The molecule has 0 rings (SSSR count). The summed E-state index contributed by atoms with van der Waals surface area (Å²) in [4.78, 5) is 0. The van der Waals surface area contributed by atoms with Crippen LogP contribution in [0, 0.1) is 0 Å². The lowest BCUT2D eigenvalue weighted by molar-refractivity contribution is 0.376. The molecule has 1 atom stereocenters. The van der Waals surface area contributed by atoms with Crippen molar-refractivity contribution in [3.05, 3.63) is 0 Å². The number of oxime groups is 1. The van der Waals surface area contributed by atoms with Crippen molar-refractivity contribution in [2.45, 2.75) is 6.92 Å². The number of hydrogen-bond acceptors (Lipinski definition) is 3. The summed E-state index contributed by atoms with van der Waals surface area (Å²) in [6, 6.07) is 0. The Morgan fingerprint density at radius 3 is 2.50 bits per heavy atom. The molecule has 0 aromatic rings. The number of rotatable bonds is 2. The summed E-state index contributed by atoms with van der Waals surface area (Å²) in [6.07, 6.45) is 1.37. The van der Waals surface area contributed by atoms with Crippen molar-refractivity contribution < 1.29 is 8.49 Å². The molecule has 8 heavy (non-hydrogen) atoms. The summed E-state index contributed by atoms with van der Waals surface area (Å²) in [5, 5.41) is 3.22. The molecule has 0 aromatic carbocycles. The zero-order valence-corrected chi connectivity index (χ0v) is 5.57. The van der Waals surface area contributed by atoms with Gasteiger partial charge in [0, 0.05) is 0 Å². The Morgan fingerprint density at radius 2 is 2.38 bits per heavy atom. The standard InChI is InChI=1S/C3H8N2O2S/c1-3(4)5-7-8(2)6/h1-2H3,(H2,4,5). The van der Waals surface area contributed by atoms with Crippen molar-refractivity contribution in [1.29, 1.82) is 0 Å². The smallest absolute Gasteiger partial charge is 0.229 e. The first-order valence-corrected chi connectivity index (χ1v) is 3.42. The first-order valence-electron chi connectivity index (χ1n) is 1.94. The molecule has 0 heterocycles. The maximum absolute atomic E-state index is 10.1. The van der Waals surface area contributed by atoms with Gasteiger partial charge in [-0.1, -0.05) is 5.16 Å². The predicted molar refractivity (Wildman–Crippen MR) is 32.4 cm³/mol. The van der Waals surface area contributed by atoms with Crippen molar-refractivity contribution in [1.82, 2.24) is 0 Å². The van der Waals surface area contributed by atoms with Crippen molar-refractivity contribution in [2.24, 2.45) is 10.9 Å². The van der Waals surface area contributed by atoms with Gasteiger partial charge < -0.3 is 5.73 Å². The van der Waals surface area contributed by atoms with E-state index in [-0.39, 0.29) is 5.84 Å². The average Bonchev–Trinajstić information content (AvgIpc) is 1.61. The molecule has 0 aliphatic heterocycles. The normalized spacial score (nSPS) is 15.5. The van der Waals surface area contributed by atoms with E-state index in [0.717, 1.165) is 0 Å². The molecule has 2 N–H and O–H groups in total. The lowest BCUT2D eigenvalue weighted by Crippen LogP contribution is -2.06. The first-order chi connectivity index (χ1) is 3.63. The lowest BCUT2D eigenvalue weighted by atomic mass is 10.7. The second kappa shape index (κ2) is 3.43. The SMILES string of the molecule is C/C(N)=N/OS(C)=O. The lowest BCUT2D eigenvalue weighted by Gasteiger charge is -1.88. The molecule has 0 aliphatic rings. The van der Waals surface area contributed by atoms with Gasteiger partial charge in [-0.15, -0.1) is 0 Å². The van der Waals surface area contributed by atoms with Crippen LogP contribution in [0.3, 0.4) is 0 Å². The third-order valence-electron chi connectivity index (χ3n) is 0.286. The van der Waals surface area contributed by atoms with Crippen LogP contribution in [0.15, 0.2) is 5.16 Å². The molecule has 5 heteroatoms. The minimum Gasteiger partial charge on any atom is -0.385 e. The van der Waals surface area contributed by atoms with Gasteiger partial charge in [0.2, 0.25) is 11.1 Å².